The third kappa shape index (κ3) is 2.73. The number of hydrogen-bond donors (Lipinski definition) is 0. The van der Waals surface area contributed by atoms with E-state index < -0.39 is 0 Å². The number of hydrogen-bond acceptors (Lipinski definition) is 2. The van der Waals surface area contributed by atoms with Crippen molar-refractivity contribution in [1.82, 2.24) is 0 Å². The summed E-state index contributed by atoms with van der Waals surface area (Å²) in [7, 11) is 0. The molecular formula is C11H18OS. The van der Waals surface area contributed by atoms with E-state index in [1.165, 1.54) is 18.4 Å². The third-order valence-electron chi connectivity index (χ3n) is 2.21. The Morgan fingerprint density at radius 3 is 2.77 bits per heavy atom. The van der Waals surface area contributed by atoms with E-state index in [0.717, 1.165) is 12.4 Å². The first-order valence-corrected chi connectivity index (χ1v) is 5.92. The average Bonchev–Trinajstić information content (AvgIpc) is 2.54. The topological polar surface area (TPSA) is 9.23 Å². The second-order valence-corrected chi connectivity index (χ2v) is 4.06. The van der Waals surface area contributed by atoms with Gasteiger partial charge in [-0.15, -0.1) is 11.3 Å². The Bertz CT molecular complexity index is 242. The zero-order valence-corrected chi connectivity index (χ0v) is 9.49. The molecule has 0 bridgehead atoms. The molecule has 0 aliphatic heterocycles. The zero-order chi connectivity index (χ0) is 9.68. The SMILES string of the molecule is CCCC(C)c1cscc1OCC. The number of thiophene rings is 1. The van der Waals surface area contributed by atoms with Crippen LogP contribution in [-0.4, -0.2) is 6.61 Å². The summed E-state index contributed by atoms with van der Waals surface area (Å²) < 4.78 is 5.55. The van der Waals surface area contributed by atoms with Crippen molar-refractivity contribution in [2.24, 2.45) is 0 Å². The summed E-state index contributed by atoms with van der Waals surface area (Å²) in [5, 5.41) is 4.32. The lowest BCUT2D eigenvalue weighted by Gasteiger charge is -2.11. The van der Waals surface area contributed by atoms with Crippen LogP contribution in [0.2, 0.25) is 0 Å². The second kappa shape index (κ2) is 5.28. The molecule has 1 aromatic rings. The van der Waals surface area contributed by atoms with Crippen LogP contribution in [0.1, 0.15) is 45.1 Å². The van der Waals surface area contributed by atoms with Crippen LogP contribution in [0, 0.1) is 0 Å². The van der Waals surface area contributed by atoms with Crippen molar-refractivity contribution < 1.29 is 4.74 Å². The van der Waals surface area contributed by atoms with Gasteiger partial charge in [-0.25, -0.2) is 0 Å². The fourth-order valence-electron chi connectivity index (χ4n) is 1.52. The lowest BCUT2D eigenvalue weighted by atomic mass is 9.99. The molecule has 0 aliphatic carbocycles. The Labute approximate surface area is 84.7 Å². The quantitative estimate of drug-likeness (QED) is 0.693. The molecule has 0 fully saturated rings. The minimum absolute atomic E-state index is 0.637. The van der Waals surface area contributed by atoms with Gasteiger partial charge in [-0.3, -0.25) is 0 Å². The Hall–Kier alpha value is -0.500. The van der Waals surface area contributed by atoms with Crippen LogP contribution in [0.4, 0.5) is 0 Å². The molecule has 0 saturated heterocycles. The fraction of sp³-hybridized carbons (Fsp3) is 0.636. The molecule has 74 valence electrons. The Balaban J connectivity index is 2.68. The summed E-state index contributed by atoms with van der Waals surface area (Å²) in [6.07, 6.45) is 2.49. The molecule has 0 N–H and O–H groups in total. The van der Waals surface area contributed by atoms with Crippen molar-refractivity contribution in [3.8, 4) is 5.75 Å². The monoisotopic (exact) mass is 198 g/mol. The maximum absolute atomic E-state index is 5.55. The molecular weight excluding hydrogens is 180 g/mol. The first-order valence-electron chi connectivity index (χ1n) is 4.98. The van der Waals surface area contributed by atoms with Crippen molar-refractivity contribution in [3.63, 3.8) is 0 Å². The third-order valence-corrected chi connectivity index (χ3v) is 2.95. The van der Waals surface area contributed by atoms with Gasteiger partial charge in [0.1, 0.15) is 5.75 Å². The van der Waals surface area contributed by atoms with Gasteiger partial charge in [-0.1, -0.05) is 20.3 Å². The van der Waals surface area contributed by atoms with E-state index in [2.05, 4.69) is 24.6 Å². The highest BCUT2D eigenvalue weighted by molar-refractivity contribution is 7.08. The van der Waals surface area contributed by atoms with Gasteiger partial charge < -0.3 is 4.74 Å². The van der Waals surface area contributed by atoms with Crippen molar-refractivity contribution in [2.75, 3.05) is 6.61 Å². The average molecular weight is 198 g/mol. The molecule has 1 rings (SSSR count). The molecule has 1 atom stereocenters. The Morgan fingerprint density at radius 1 is 1.38 bits per heavy atom. The molecule has 13 heavy (non-hydrogen) atoms. The van der Waals surface area contributed by atoms with E-state index >= 15 is 0 Å². The Morgan fingerprint density at radius 2 is 2.15 bits per heavy atom. The van der Waals surface area contributed by atoms with Crippen LogP contribution in [0.25, 0.3) is 0 Å². The minimum atomic E-state index is 0.637. The van der Waals surface area contributed by atoms with E-state index in [0.29, 0.717) is 5.92 Å². The molecule has 2 heteroatoms. The van der Waals surface area contributed by atoms with Crippen LogP contribution >= 0.6 is 11.3 Å². The van der Waals surface area contributed by atoms with Gasteiger partial charge in [-0.2, -0.15) is 0 Å². The molecule has 0 radical (unpaired) electrons. The van der Waals surface area contributed by atoms with Gasteiger partial charge in [0.05, 0.1) is 6.61 Å². The van der Waals surface area contributed by atoms with Crippen LogP contribution in [0.5, 0.6) is 5.75 Å². The van der Waals surface area contributed by atoms with Crippen LogP contribution in [0.15, 0.2) is 10.8 Å². The van der Waals surface area contributed by atoms with Crippen molar-refractivity contribution in [3.05, 3.63) is 16.3 Å². The summed E-state index contributed by atoms with van der Waals surface area (Å²) in [4.78, 5) is 0. The zero-order valence-electron chi connectivity index (χ0n) is 8.67. The highest BCUT2D eigenvalue weighted by Gasteiger charge is 2.11. The van der Waals surface area contributed by atoms with Crippen LogP contribution in [-0.2, 0) is 0 Å². The minimum Gasteiger partial charge on any atom is -0.493 e. The predicted octanol–water partition coefficient (Wildman–Crippen LogP) is 4.05. The largest absolute Gasteiger partial charge is 0.493 e. The van der Waals surface area contributed by atoms with Crippen molar-refractivity contribution in [2.45, 2.75) is 39.5 Å². The Kier molecular flexibility index (Phi) is 4.29. The van der Waals surface area contributed by atoms with Gasteiger partial charge in [0.15, 0.2) is 0 Å². The molecule has 0 aromatic carbocycles. The first kappa shape index (κ1) is 10.6. The fourth-order valence-corrected chi connectivity index (χ4v) is 2.41. The highest BCUT2D eigenvalue weighted by Crippen LogP contribution is 2.32. The smallest absolute Gasteiger partial charge is 0.133 e. The molecule has 0 aliphatic rings. The molecule has 0 amide bonds. The summed E-state index contributed by atoms with van der Waals surface area (Å²) >= 11 is 1.74. The molecule has 1 heterocycles. The van der Waals surface area contributed by atoms with Gasteiger partial charge >= 0.3 is 0 Å². The molecule has 1 nitrogen and oxygen atoms in total. The van der Waals surface area contributed by atoms with Gasteiger partial charge in [0, 0.05) is 10.9 Å². The standard InChI is InChI=1S/C11H18OS/c1-4-6-9(3)10-7-13-8-11(10)12-5-2/h7-9H,4-6H2,1-3H3. The van der Waals surface area contributed by atoms with Gasteiger partial charge in [0.2, 0.25) is 0 Å². The van der Waals surface area contributed by atoms with Gasteiger partial charge in [-0.05, 0) is 24.6 Å². The normalized spacial score (nSPS) is 12.8. The summed E-state index contributed by atoms with van der Waals surface area (Å²) in [5.74, 6) is 1.73. The van der Waals surface area contributed by atoms with E-state index in [1.807, 2.05) is 6.92 Å². The first-order chi connectivity index (χ1) is 6.29. The van der Waals surface area contributed by atoms with E-state index in [1.54, 1.807) is 11.3 Å². The number of rotatable bonds is 5. The number of ether oxygens (including phenoxy) is 1. The lowest BCUT2D eigenvalue weighted by Crippen LogP contribution is -1.97. The molecule has 0 saturated carbocycles. The van der Waals surface area contributed by atoms with Crippen molar-refractivity contribution in [1.29, 1.82) is 0 Å². The maximum Gasteiger partial charge on any atom is 0.133 e. The van der Waals surface area contributed by atoms with E-state index in [-0.39, 0.29) is 0 Å². The van der Waals surface area contributed by atoms with Crippen LogP contribution in [0.3, 0.4) is 0 Å². The van der Waals surface area contributed by atoms with E-state index in [9.17, 15) is 0 Å². The molecule has 1 unspecified atom stereocenters. The lowest BCUT2D eigenvalue weighted by molar-refractivity contribution is 0.335. The van der Waals surface area contributed by atoms with Crippen molar-refractivity contribution >= 4 is 11.3 Å². The summed E-state index contributed by atoms with van der Waals surface area (Å²) in [6, 6.07) is 0. The highest BCUT2D eigenvalue weighted by atomic mass is 32.1. The predicted molar refractivity (Wildman–Crippen MR) is 58.8 cm³/mol. The van der Waals surface area contributed by atoms with E-state index in [4.69, 9.17) is 4.74 Å². The van der Waals surface area contributed by atoms with Crippen LogP contribution < -0.4 is 4.74 Å². The summed E-state index contributed by atoms with van der Waals surface area (Å²) in [5.41, 5.74) is 1.38. The summed E-state index contributed by atoms with van der Waals surface area (Å²) in [6.45, 7) is 7.30. The second-order valence-electron chi connectivity index (χ2n) is 3.31. The maximum atomic E-state index is 5.55. The molecule has 1 aromatic heterocycles. The van der Waals surface area contributed by atoms with Gasteiger partial charge in [0.25, 0.3) is 0 Å². The molecule has 0 spiro atoms.